The van der Waals surface area contributed by atoms with Crippen molar-refractivity contribution in [2.24, 2.45) is 0 Å². The third-order valence-electron chi connectivity index (χ3n) is 5.58. The molecule has 0 bridgehead atoms. The van der Waals surface area contributed by atoms with Crippen LogP contribution in [0, 0.1) is 0 Å². The van der Waals surface area contributed by atoms with Crippen LogP contribution in [-0.2, 0) is 16.2 Å². The van der Waals surface area contributed by atoms with Gasteiger partial charge in [-0.15, -0.1) is 0 Å². The van der Waals surface area contributed by atoms with Gasteiger partial charge in [0.05, 0.1) is 29.6 Å². The van der Waals surface area contributed by atoms with Gasteiger partial charge in [0.1, 0.15) is 6.73 Å². The molecule has 4 rings (SSSR count). The molecule has 36 heavy (non-hydrogen) atoms. The van der Waals surface area contributed by atoms with Crippen LogP contribution in [0.2, 0.25) is 25.7 Å². The molecule has 0 radical (unpaired) electrons. The van der Waals surface area contributed by atoms with Gasteiger partial charge >= 0.3 is 5.97 Å². The van der Waals surface area contributed by atoms with Crippen molar-refractivity contribution in [1.82, 2.24) is 14.8 Å². The lowest BCUT2D eigenvalue weighted by molar-refractivity contribution is 0.0596. The number of rotatable bonds is 10. The molecule has 6 nitrogen and oxygen atoms in total. The van der Waals surface area contributed by atoms with E-state index in [0.29, 0.717) is 12.3 Å². The lowest BCUT2D eigenvalue weighted by Gasteiger charge is -2.15. The first kappa shape index (κ1) is 25.9. The van der Waals surface area contributed by atoms with E-state index in [1.807, 2.05) is 53.2 Å². The lowest BCUT2D eigenvalue weighted by Crippen LogP contribution is -2.22. The molecule has 0 aliphatic carbocycles. The van der Waals surface area contributed by atoms with Gasteiger partial charge in [0.15, 0.2) is 0 Å². The lowest BCUT2D eigenvalue weighted by atomic mass is 10.2. The third kappa shape index (κ3) is 6.72. The summed E-state index contributed by atoms with van der Waals surface area (Å²) in [6, 6.07) is 20.6. The van der Waals surface area contributed by atoms with E-state index in [2.05, 4.69) is 42.8 Å². The van der Waals surface area contributed by atoms with Crippen molar-refractivity contribution in [3.8, 4) is 0 Å². The highest BCUT2D eigenvalue weighted by Crippen LogP contribution is 2.34. The molecule has 0 amide bonds. The molecule has 0 saturated heterocycles. The van der Waals surface area contributed by atoms with Crippen molar-refractivity contribution in [2.45, 2.75) is 42.2 Å². The van der Waals surface area contributed by atoms with Gasteiger partial charge in [-0.05, 0) is 60.7 Å². The minimum atomic E-state index is -1.18. The van der Waals surface area contributed by atoms with Gasteiger partial charge in [0, 0.05) is 36.1 Å². The standard InChI is InChI=1S/C28H31N3O3SSi/c1-33-28(32)24-10-5-6-11-27(24)35-22-13-14-23-25(15-12-21-9-7-8-16-29-21)30-31(26(23)19-22)20-34-17-18-36(2,3)4/h5-16,19H,17-18,20H2,1-4H3/b15-12+. The van der Waals surface area contributed by atoms with Crippen molar-refractivity contribution < 1.29 is 14.3 Å². The highest BCUT2D eigenvalue weighted by molar-refractivity contribution is 7.99. The summed E-state index contributed by atoms with van der Waals surface area (Å²) in [6.07, 6.45) is 5.73. The zero-order valence-electron chi connectivity index (χ0n) is 21.1. The number of pyridine rings is 1. The minimum Gasteiger partial charge on any atom is -0.465 e. The maximum absolute atomic E-state index is 12.2. The van der Waals surface area contributed by atoms with Crippen molar-refractivity contribution in [3.05, 3.63) is 83.8 Å². The molecule has 0 saturated carbocycles. The average Bonchev–Trinajstić information content (AvgIpc) is 3.22. The summed E-state index contributed by atoms with van der Waals surface area (Å²) >= 11 is 1.53. The highest BCUT2D eigenvalue weighted by Gasteiger charge is 2.15. The first-order valence-electron chi connectivity index (χ1n) is 11.9. The van der Waals surface area contributed by atoms with Crippen LogP contribution in [0.4, 0.5) is 0 Å². The zero-order chi connectivity index (χ0) is 25.5. The van der Waals surface area contributed by atoms with Gasteiger partial charge in [-0.2, -0.15) is 5.10 Å². The van der Waals surface area contributed by atoms with Crippen molar-refractivity contribution in [2.75, 3.05) is 13.7 Å². The van der Waals surface area contributed by atoms with Gasteiger partial charge in [0.25, 0.3) is 0 Å². The molecule has 0 atom stereocenters. The molecule has 0 fully saturated rings. The maximum Gasteiger partial charge on any atom is 0.339 e. The Bertz CT molecular complexity index is 1360. The summed E-state index contributed by atoms with van der Waals surface area (Å²) < 4.78 is 12.9. The van der Waals surface area contributed by atoms with E-state index in [4.69, 9.17) is 14.6 Å². The average molecular weight is 518 g/mol. The fraction of sp³-hybridized carbons (Fsp3) is 0.250. The van der Waals surface area contributed by atoms with Gasteiger partial charge in [-0.25, -0.2) is 9.48 Å². The van der Waals surface area contributed by atoms with Gasteiger partial charge in [-0.1, -0.05) is 49.6 Å². The number of esters is 1. The number of ether oxygens (including phenoxy) is 2. The molecule has 2 aromatic carbocycles. The molecule has 0 spiro atoms. The van der Waals surface area contributed by atoms with E-state index in [9.17, 15) is 4.79 Å². The summed E-state index contributed by atoms with van der Waals surface area (Å²) in [5.74, 6) is -0.345. The van der Waals surface area contributed by atoms with E-state index >= 15 is 0 Å². The highest BCUT2D eigenvalue weighted by atomic mass is 32.2. The molecule has 8 heteroatoms. The predicted octanol–water partition coefficient (Wildman–Crippen LogP) is 6.85. The Morgan fingerprint density at radius 1 is 1.06 bits per heavy atom. The number of carbonyl (C=O) groups is 1. The van der Waals surface area contributed by atoms with E-state index in [1.54, 1.807) is 12.3 Å². The van der Waals surface area contributed by atoms with Crippen molar-refractivity contribution in [1.29, 1.82) is 0 Å². The van der Waals surface area contributed by atoms with Crippen LogP contribution >= 0.6 is 11.8 Å². The number of carbonyl (C=O) groups excluding carboxylic acids is 1. The Labute approximate surface area is 217 Å². The Balaban J connectivity index is 1.65. The van der Waals surface area contributed by atoms with Gasteiger partial charge < -0.3 is 9.47 Å². The van der Waals surface area contributed by atoms with Crippen LogP contribution in [0.15, 0.2) is 76.7 Å². The quantitative estimate of drug-likeness (QED) is 0.130. The van der Waals surface area contributed by atoms with Crippen molar-refractivity contribution in [3.63, 3.8) is 0 Å². The smallest absolute Gasteiger partial charge is 0.339 e. The predicted molar refractivity (Wildman–Crippen MR) is 149 cm³/mol. The van der Waals surface area contributed by atoms with Crippen LogP contribution < -0.4 is 0 Å². The number of hydrogen-bond donors (Lipinski definition) is 0. The van der Waals surface area contributed by atoms with E-state index in [0.717, 1.165) is 44.7 Å². The van der Waals surface area contributed by atoms with E-state index in [-0.39, 0.29) is 5.97 Å². The molecule has 0 N–H and O–H groups in total. The maximum atomic E-state index is 12.2. The fourth-order valence-corrected chi connectivity index (χ4v) is 5.32. The largest absolute Gasteiger partial charge is 0.465 e. The third-order valence-corrected chi connectivity index (χ3v) is 8.35. The first-order valence-corrected chi connectivity index (χ1v) is 16.4. The molecule has 186 valence electrons. The van der Waals surface area contributed by atoms with Crippen LogP contribution in [0.3, 0.4) is 0 Å². The van der Waals surface area contributed by atoms with Crippen LogP contribution in [0.25, 0.3) is 23.1 Å². The second-order valence-corrected chi connectivity index (χ2v) is 16.3. The summed E-state index contributed by atoms with van der Waals surface area (Å²) in [5, 5.41) is 5.88. The minimum absolute atomic E-state index is 0.345. The van der Waals surface area contributed by atoms with E-state index in [1.165, 1.54) is 18.9 Å². The molecule has 4 aromatic rings. The topological polar surface area (TPSA) is 66.2 Å². The molecule has 2 aromatic heterocycles. The van der Waals surface area contributed by atoms with Crippen LogP contribution in [-0.4, -0.2) is 42.5 Å². The Hall–Kier alpha value is -3.20. The second kappa shape index (κ2) is 11.7. The Morgan fingerprint density at radius 2 is 1.86 bits per heavy atom. The summed E-state index contributed by atoms with van der Waals surface area (Å²) in [4.78, 5) is 18.4. The molecular formula is C28H31N3O3SSi. The van der Waals surface area contributed by atoms with Crippen LogP contribution in [0.1, 0.15) is 21.7 Å². The SMILES string of the molecule is COC(=O)c1ccccc1Sc1ccc2c(/C=C/c3ccccn3)nn(COCC[Si](C)(C)C)c2c1. The van der Waals surface area contributed by atoms with Crippen LogP contribution in [0.5, 0.6) is 0 Å². The Morgan fingerprint density at radius 3 is 2.61 bits per heavy atom. The summed E-state index contributed by atoms with van der Waals surface area (Å²) in [5.41, 5.74) is 3.26. The number of nitrogens with zero attached hydrogens (tertiary/aromatic N) is 3. The van der Waals surface area contributed by atoms with Gasteiger partial charge in [-0.3, -0.25) is 4.98 Å². The molecule has 0 aliphatic rings. The van der Waals surface area contributed by atoms with Gasteiger partial charge in [0.2, 0.25) is 0 Å². The number of methoxy groups -OCH3 is 1. The molecule has 2 heterocycles. The number of aromatic nitrogens is 3. The Kier molecular flexibility index (Phi) is 8.40. The molecule has 0 unspecified atom stereocenters. The second-order valence-electron chi connectivity index (χ2n) is 9.59. The number of benzene rings is 2. The molecule has 0 aliphatic heterocycles. The fourth-order valence-electron chi connectivity index (χ4n) is 3.59. The first-order chi connectivity index (χ1) is 17.3. The van der Waals surface area contributed by atoms with Crippen molar-refractivity contribution >= 4 is 48.9 Å². The number of hydrogen-bond acceptors (Lipinski definition) is 6. The summed E-state index contributed by atoms with van der Waals surface area (Å²) in [7, 11) is 0.221. The molecular weight excluding hydrogens is 486 g/mol. The zero-order valence-corrected chi connectivity index (χ0v) is 22.9. The van der Waals surface area contributed by atoms with E-state index < -0.39 is 8.07 Å². The normalized spacial score (nSPS) is 11.9. The summed E-state index contributed by atoms with van der Waals surface area (Å²) in [6.45, 7) is 8.13. The number of fused-ring (bicyclic) bond motifs is 1. The monoisotopic (exact) mass is 517 g/mol.